The Morgan fingerprint density at radius 1 is 1.12 bits per heavy atom. The number of morpholine rings is 1. The minimum Gasteiger partial charge on any atom is -0.378 e. The van der Waals surface area contributed by atoms with Crippen molar-refractivity contribution >= 4 is 36.4 Å². The predicted octanol–water partition coefficient (Wildman–Crippen LogP) is 4.53. The van der Waals surface area contributed by atoms with Gasteiger partial charge in [-0.2, -0.15) is 5.26 Å². The number of benzene rings is 2. The highest BCUT2D eigenvalue weighted by atomic mass is 35.5. The van der Waals surface area contributed by atoms with E-state index in [0.29, 0.717) is 43.2 Å². The summed E-state index contributed by atoms with van der Waals surface area (Å²) >= 11 is 0. The number of rotatable bonds is 6. The van der Waals surface area contributed by atoms with E-state index < -0.39 is 0 Å². The smallest absolute Gasteiger partial charge is 0.241 e. The summed E-state index contributed by atoms with van der Waals surface area (Å²) < 4.78 is 19.2. The van der Waals surface area contributed by atoms with E-state index in [1.807, 2.05) is 17.0 Å². The number of hydrogen-bond donors (Lipinski definition) is 1. The zero-order chi connectivity index (χ0) is 28.6. The molecule has 3 heterocycles. The molecule has 10 heteroatoms. The van der Waals surface area contributed by atoms with E-state index in [4.69, 9.17) is 4.74 Å². The van der Waals surface area contributed by atoms with Crippen LogP contribution in [0.15, 0.2) is 36.4 Å². The van der Waals surface area contributed by atoms with Crippen LogP contribution in [-0.2, 0) is 21.4 Å². The van der Waals surface area contributed by atoms with Crippen molar-refractivity contribution in [1.29, 1.82) is 5.26 Å². The van der Waals surface area contributed by atoms with Crippen LogP contribution in [0.5, 0.6) is 0 Å². The van der Waals surface area contributed by atoms with Crippen molar-refractivity contribution in [3.63, 3.8) is 0 Å². The second-order valence-corrected chi connectivity index (χ2v) is 12.6. The molecule has 0 aromatic heterocycles. The van der Waals surface area contributed by atoms with Gasteiger partial charge in [-0.1, -0.05) is 26.0 Å². The van der Waals surface area contributed by atoms with E-state index in [-0.39, 0.29) is 48.0 Å². The zero-order valence-corrected chi connectivity index (χ0v) is 26.9. The molecule has 3 aliphatic heterocycles. The standard InChI is InChI=1S/C32H42FN5O2.2ClH/c1-21-15-36(28(14-35-21)16-37-22(2)18-40-19-23(37)3)17-31(39)38-20-32(4,5)29-11-26(13-34)25(12-30(29)38)10-24-6-8-27(33)9-7-24;;/h6-9,11-12,21-23,28,35H,10,14-20H2,1-5H3;2*1H/t21-,22-,23-,28-;;/m1../s1. The molecule has 0 spiro atoms. The second kappa shape index (κ2) is 14.0. The van der Waals surface area contributed by atoms with Crippen molar-refractivity contribution in [1.82, 2.24) is 15.1 Å². The molecule has 0 saturated carbocycles. The normalized spacial score (nSPS) is 25.6. The van der Waals surface area contributed by atoms with Gasteiger partial charge >= 0.3 is 0 Å². The number of ether oxygens (including phenoxy) is 1. The fraction of sp³-hybridized carbons (Fsp3) is 0.562. The first-order chi connectivity index (χ1) is 19.1. The fourth-order valence-electron chi connectivity index (χ4n) is 6.56. The number of amides is 1. The summed E-state index contributed by atoms with van der Waals surface area (Å²) in [7, 11) is 0. The molecule has 0 unspecified atom stereocenters. The SMILES string of the molecule is C[C@@H]1CN(CC(=O)N2CC(C)(C)c3cc(C#N)c(Cc4ccc(F)cc4)cc32)[C@@H](CN2[C@H](C)COC[C@H]2C)CN1.Cl.Cl. The van der Waals surface area contributed by atoms with Crippen LogP contribution < -0.4 is 10.2 Å². The van der Waals surface area contributed by atoms with Gasteiger partial charge in [0.25, 0.3) is 0 Å². The third-order valence-electron chi connectivity index (χ3n) is 8.86. The van der Waals surface area contributed by atoms with Gasteiger partial charge < -0.3 is 15.0 Å². The number of piperazine rings is 1. The second-order valence-electron chi connectivity index (χ2n) is 12.6. The van der Waals surface area contributed by atoms with Gasteiger partial charge in [0.1, 0.15) is 5.82 Å². The Hall–Kier alpha value is -2.25. The average Bonchev–Trinajstić information content (AvgIpc) is 3.18. The molecule has 1 amide bonds. The fourth-order valence-corrected chi connectivity index (χ4v) is 6.56. The maximum absolute atomic E-state index is 14.0. The van der Waals surface area contributed by atoms with Crippen LogP contribution in [-0.4, -0.2) is 85.8 Å². The molecule has 2 fully saturated rings. The van der Waals surface area contributed by atoms with Crippen LogP contribution in [0.25, 0.3) is 0 Å². The number of halogens is 3. The number of anilines is 1. The zero-order valence-electron chi connectivity index (χ0n) is 25.2. The number of carbonyl (C=O) groups excluding carboxylic acids is 1. The Balaban J connectivity index is 0.00000242. The Kier molecular flexibility index (Phi) is 11.4. The first kappa shape index (κ1) is 34.2. The predicted molar refractivity (Wildman–Crippen MR) is 170 cm³/mol. The first-order valence-corrected chi connectivity index (χ1v) is 14.5. The number of nitrogens with zero attached hydrogens (tertiary/aromatic N) is 4. The summed E-state index contributed by atoms with van der Waals surface area (Å²) in [5.74, 6) is -0.193. The van der Waals surface area contributed by atoms with Crippen LogP contribution >= 0.6 is 24.8 Å². The topological polar surface area (TPSA) is 71.8 Å². The number of nitriles is 1. The molecule has 2 saturated heterocycles. The Morgan fingerprint density at radius 3 is 2.43 bits per heavy atom. The highest BCUT2D eigenvalue weighted by molar-refractivity contribution is 5.98. The van der Waals surface area contributed by atoms with Crippen molar-refractivity contribution in [3.05, 3.63) is 64.5 Å². The molecule has 0 aliphatic carbocycles. The van der Waals surface area contributed by atoms with E-state index in [2.05, 4.69) is 55.8 Å². The van der Waals surface area contributed by atoms with Crippen molar-refractivity contribution in [2.45, 2.75) is 70.6 Å². The van der Waals surface area contributed by atoms with Gasteiger partial charge in [0, 0.05) is 61.4 Å². The van der Waals surface area contributed by atoms with E-state index in [9.17, 15) is 14.4 Å². The van der Waals surface area contributed by atoms with Crippen molar-refractivity contribution in [2.24, 2.45) is 0 Å². The molecule has 2 aromatic carbocycles. The van der Waals surface area contributed by atoms with E-state index in [0.717, 1.165) is 55.2 Å². The number of nitrogens with one attached hydrogen (secondary N) is 1. The summed E-state index contributed by atoms with van der Waals surface area (Å²) in [6.07, 6.45) is 0.506. The highest BCUT2D eigenvalue weighted by Gasteiger charge is 2.40. The Bertz CT molecular complexity index is 1270. The maximum atomic E-state index is 14.0. The molecule has 0 bridgehead atoms. The minimum absolute atomic E-state index is 0. The third-order valence-corrected chi connectivity index (χ3v) is 8.86. The average molecular weight is 621 g/mol. The lowest BCUT2D eigenvalue weighted by Crippen LogP contribution is -2.63. The van der Waals surface area contributed by atoms with Gasteiger partial charge in [0.05, 0.1) is 31.4 Å². The molecule has 2 aromatic rings. The minimum atomic E-state index is -0.283. The summed E-state index contributed by atoms with van der Waals surface area (Å²) in [5, 5.41) is 13.6. The number of carbonyl (C=O) groups is 1. The van der Waals surface area contributed by atoms with Gasteiger partial charge in [-0.3, -0.25) is 14.6 Å². The molecule has 42 heavy (non-hydrogen) atoms. The summed E-state index contributed by atoms with van der Waals surface area (Å²) in [6, 6.07) is 13.9. The largest absolute Gasteiger partial charge is 0.378 e. The van der Waals surface area contributed by atoms with Gasteiger partial charge in [0.2, 0.25) is 5.91 Å². The molecule has 1 N–H and O–H groups in total. The van der Waals surface area contributed by atoms with Crippen molar-refractivity contribution in [3.8, 4) is 6.07 Å². The molecule has 3 aliphatic rings. The highest BCUT2D eigenvalue weighted by Crippen LogP contribution is 2.42. The maximum Gasteiger partial charge on any atom is 0.241 e. The van der Waals surface area contributed by atoms with Crippen molar-refractivity contribution in [2.75, 3.05) is 50.8 Å². The van der Waals surface area contributed by atoms with Gasteiger partial charge in [-0.05, 0) is 68.1 Å². The quantitative estimate of drug-likeness (QED) is 0.512. The van der Waals surface area contributed by atoms with E-state index >= 15 is 0 Å². The van der Waals surface area contributed by atoms with E-state index in [1.165, 1.54) is 12.1 Å². The monoisotopic (exact) mass is 619 g/mol. The molecule has 4 atom stereocenters. The Labute approximate surface area is 262 Å². The number of hydrogen-bond acceptors (Lipinski definition) is 6. The Morgan fingerprint density at radius 2 is 1.79 bits per heavy atom. The lowest BCUT2D eigenvalue weighted by atomic mass is 9.84. The van der Waals surface area contributed by atoms with Crippen LogP contribution in [0.1, 0.15) is 56.9 Å². The van der Waals surface area contributed by atoms with Crippen LogP contribution in [0.4, 0.5) is 10.1 Å². The van der Waals surface area contributed by atoms with Gasteiger partial charge in [0.15, 0.2) is 0 Å². The lowest BCUT2D eigenvalue weighted by molar-refractivity contribution is -0.121. The molecular weight excluding hydrogens is 576 g/mol. The molecule has 230 valence electrons. The molecular formula is C32H44Cl2FN5O2. The van der Waals surface area contributed by atoms with Gasteiger partial charge in [-0.15, -0.1) is 24.8 Å². The summed E-state index contributed by atoms with van der Waals surface area (Å²) in [4.78, 5) is 20.8. The van der Waals surface area contributed by atoms with Gasteiger partial charge in [-0.25, -0.2) is 4.39 Å². The molecule has 5 rings (SSSR count). The molecule has 0 radical (unpaired) electrons. The summed E-state index contributed by atoms with van der Waals surface area (Å²) in [6.45, 7) is 15.8. The summed E-state index contributed by atoms with van der Waals surface area (Å²) in [5.41, 5.74) is 4.04. The van der Waals surface area contributed by atoms with Crippen molar-refractivity contribution < 1.29 is 13.9 Å². The lowest BCUT2D eigenvalue weighted by Gasteiger charge is -2.46. The van der Waals surface area contributed by atoms with Crippen LogP contribution in [0.3, 0.4) is 0 Å². The van der Waals surface area contributed by atoms with Crippen LogP contribution in [0.2, 0.25) is 0 Å². The molecule has 7 nitrogen and oxygen atoms in total. The number of fused-ring (bicyclic) bond motifs is 1. The van der Waals surface area contributed by atoms with E-state index in [1.54, 1.807) is 12.1 Å². The first-order valence-electron chi connectivity index (χ1n) is 14.5. The third kappa shape index (κ3) is 7.27. The van der Waals surface area contributed by atoms with Crippen LogP contribution in [0, 0.1) is 17.1 Å².